The largest absolute Gasteiger partial charge is 2.00 e. The van der Waals surface area contributed by atoms with Gasteiger partial charge in [0.2, 0.25) is 11.8 Å². The number of carboxylic acids is 1. The summed E-state index contributed by atoms with van der Waals surface area (Å²) in [5.41, 5.74) is 0. The Morgan fingerprint density at radius 2 is 2.14 bits per heavy atom. The second-order valence-corrected chi connectivity index (χ2v) is 3.42. The summed E-state index contributed by atoms with van der Waals surface area (Å²) in [5, 5.41) is 8.67. The van der Waals surface area contributed by atoms with Crippen LogP contribution in [-0.2, 0) is 14.4 Å². The molecule has 1 N–H and O–H groups in total. The number of nitrogens with zero attached hydrogens (tertiary/aromatic N) is 1. The number of carboxylic acid groups (broad SMARTS) is 1. The summed E-state index contributed by atoms with van der Waals surface area (Å²) >= 11 is 0. The van der Waals surface area contributed by atoms with Crippen molar-refractivity contribution in [3.63, 3.8) is 0 Å². The van der Waals surface area contributed by atoms with Gasteiger partial charge in [0.25, 0.3) is 0 Å². The summed E-state index contributed by atoms with van der Waals surface area (Å²) < 4.78 is 0. The normalized spacial score (nSPS) is 30.1. The molecule has 2 fully saturated rings. The predicted octanol–water partition coefficient (Wildman–Crippen LogP) is -0.547. The third-order valence-electron chi connectivity index (χ3n) is 2.67. The van der Waals surface area contributed by atoms with Gasteiger partial charge in [-0.2, -0.15) is 0 Å². The van der Waals surface area contributed by atoms with E-state index >= 15 is 0 Å². The number of carbonyl (C=O) groups is 3. The molecular weight excluding hydrogens is 214 g/mol. The van der Waals surface area contributed by atoms with Crippen LogP contribution in [0, 0.1) is 5.92 Å². The van der Waals surface area contributed by atoms with Crippen molar-refractivity contribution in [2.45, 2.75) is 25.3 Å². The van der Waals surface area contributed by atoms with Gasteiger partial charge in [-0.3, -0.25) is 19.3 Å². The first kappa shape index (κ1) is 11.9. The third kappa shape index (κ3) is 1.68. The van der Waals surface area contributed by atoms with Crippen molar-refractivity contribution in [3.8, 4) is 0 Å². The molecular formula is C8H11CaNO4. The molecule has 0 saturated carbocycles. The molecule has 2 aliphatic rings. The Bertz CT molecular complexity index is 312. The van der Waals surface area contributed by atoms with Crippen molar-refractivity contribution in [1.29, 1.82) is 0 Å². The van der Waals surface area contributed by atoms with Gasteiger partial charge < -0.3 is 7.96 Å². The summed E-state index contributed by atoms with van der Waals surface area (Å²) in [6, 6.07) is -0.152. The van der Waals surface area contributed by atoms with Crippen LogP contribution in [0.15, 0.2) is 0 Å². The van der Waals surface area contributed by atoms with Crippen molar-refractivity contribution in [2.24, 2.45) is 5.92 Å². The minimum absolute atomic E-state index is 0. The number of hydrogen-bond acceptors (Lipinski definition) is 3. The number of carbonyl (C=O) groups excluding carboxylic acids is 2. The van der Waals surface area contributed by atoms with Crippen molar-refractivity contribution in [3.05, 3.63) is 0 Å². The molecule has 0 spiro atoms. The van der Waals surface area contributed by atoms with Crippen LogP contribution < -0.4 is 0 Å². The average molecular weight is 225 g/mol. The summed E-state index contributed by atoms with van der Waals surface area (Å²) in [5.74, 6) is -2.86. The molecule has 0 aliphatic carbocycles. The van der Waals surface area contributed by atoms with E-state index in [2.05, 4.69) is 0 Å². The fourth-order valence-electron chi connectivity index (χ4n) is 2.02. The molecule has 0 radical (unpaired) electrons. The van der Waals surface area contributed by atoms with Crippen LogP contribution >= 0.6 is 0 Å². The first-order valence-electron chi connectivity index (χ1n) is 4.20. The maximum Gasteiger partial charge on any atom is 2.00 e. The molecule has 2 aliphatic heterocycles. The van der Waals surface area contributed by atoms with E-state index in [-0.39, 0.29) is 52.5 Å². The van der Waals surface area contributed by atoms with Crippen LogP contribution in [0.3, 0.4) is 0 Å². The van der Waals surface area contributed by atoms with Crippen molar-refractivity contribution in [1.82, 2.24) is 4.90 Å². The Hall–Kier alpha value is -0.130. The molecule has 2 amide bonds. The fraction of sp³-hybridized carbons (Fsp3) is 0.625. The Balaban J connectivity index is 0. The Labute approximate surface area is 113 Å². The van der Waals surface area contributed by atoms with Gasteiger partial charge in [-0.15, -0.1) is 0 Å². The first-order valence-corrected chi connectivity index (χ1v) is 4.20. The molecule has 2 heterocycles. The molecule has 0 aromatic heterocycles. The van der Waals surface area contributed by atoms with Crippen LogP contribution in [-0.4, -0.2) is 71.6 Å². The minimum Gasteiger partial charge on any atom is -1.00 e. The Morgan fingerprint density at radius 1 is 1.50 bits per heavy atom. The van der Waals surface area contributed by atoms with Gasteiger partial charge in [-0.05, 0) is 12.8 Å². The van der Waals surface area contributed by atoms with Gasteiger partial charge in [-0.25, -0.2) is 0 Å². The maximum atomic E-state index is 11.4. The van der Waals surface area contributed by atoms with Crippen LogP contribution in [0.1, 0.15) is 22.1 Å². The Kier molecular flexibility index (Phi) is 3.55. The number of hydrogen-bond donors (Lipinski definition) is 1. The van der Waals surface area contributed by atoms with Crippen LogP contribution in [0.2, 0.25) is 0 Å². The number of aliphatic carboxylic acids is 1. The molecule has 0 bridgehead atoms. The molecule has 2 saturated heterocycles. The van der Waals surface area contributed by atoms with Crippen molar-refractivity contribution < 1.29 is 22.3 Å². The van der Waals surface area contributed by atoms with Gasteiger partial charge in [-0.1, -0.05) is 0 Å². The monoisotopic (exact) mass is 225 g/mol. The zero-order chi connectivity index (χ0) is 9.59. The second kappa shape index (κ2) is 4.16. The zero-order valence-electron chi connectivity index (χ0n) is 9.60. The maximum absolute atomic E-state index is 11.4. The van der Waals surface area contributed by atoms with Gasteiger partial charge >= 0.3 is 43.7 Å². The van der Waals surface area contributed by atoms with E-state index in [0.717, 1.165) is 4.90 Å². The summed E-state index contributed by atoms with van der Waals surface area (Å²) in [6.45, 7) is 0. The van der Waals surface area contributed by atoms with E-state index in [0.29, 0.717) is 19.3 Å². The van der Waals surface area contributed by atoms with E-state index in [4.69, 9.17) is 5.11 Å². The fourth-order valence-corrected chi connectivity index (χ4v) is 2.02. The van der Waals surface area contributed by atoms with Gasteiger partial charge in [0.1, 0.15) is 5.92 Å². The van der Waals surface area contributed by atoms with E-state index in [1.165, 1.54) is 0 Å². The van der Waals surface area contributed by atoms with Crippen molar-refractivity contribution >= 4 is 55.5 Å². The number of fused-ring (bicyclic) bond motifs is 1. The molecule has 2 atom stereocenters. The molecule has 2 rings (SSSR count). The molecule has 0 aromatic rings. The Morgan fingerprint density at radius 3 is 2.64 bits per heavy atom. The van der Waals surface area contributed by atoms with Crippen LogP contribution in [0.25, 0.3) is 0 Å². The number of imide groups is 1. The molecule has 74 valence electrons. The second-order valence-electron chi connectivity index (χ2n) is 3.42. The topological polar surface area (TPSA) is 74.7 Å². The van der Waals surface area contributed by atoms with Crippen LogP contribution in [0.4, 0.5) is 0 Å². The standard InChI is InChI=1S/C8H9NO4.Ca.2H/c10-6-2-1-4-3-5(8(12)13)7(11)9(4)6;;;/h4-5H,1-3H2,(H,12,13);;;/q;+2;2*-1. The molecule has 0 aromatic carbocycles. The first-order chi connectivity index (χ1) is 6.11. The molecule has 14 heavy (non-hydrogen) atoms. The molecule has 6 heteroatoms. The SMILES string of the molecule is O=C(O)C1CC2CCC(=O)N2C1=O.[Ca+2].[H-].[H-]. The smallest absolute Gasteiger partial charge is 1.00 e. The van der Waals surface area contributed by atoms with Gasteiger partial charge in [0, 0.05) is 12.5 Å². The van der Waals surface area contributed by atoms with E-state index in [1.54, 1.807) is 0 Å². The van der Waals surface area contributed by atoms with Gasteiger partial charge in [0.15, 0.2) is 0 Å². The summed E-state index contributed by atoms with van der Waals surface area (Å²) in [7, 11) is 0. The minimum atomic E-state index is -1.12. The average Bonchev–Trinajstić information content (AvgIpc) is 2.55. The number of rotatable bonds is 1. The molecule has 2 unspecified atom stereocenters. The van der Waals surface area contributed by atoms with Gasteiger partial charge in [0.05, 0.1) is 0 Å². The summed E-state index contributed by atoms with van der Waals surface area (Å²) in [6.07, 6.45) is 1.29. The molecule has 5 nitrogen and oxygen atoms in total. The third-order valence-corrected chi connectivity index (χ3v) is 2.67. The van der Waals surface area contributed by atoms with Crippen molar-refractivity contribution in [2.75, 3.05) is 0 Å². The quantitative estimate of drug-likeness (QED) is 0.369. The number of amides is 2. The zero-order valence-corrected chi connectivity index (χ0v) is 9.81. The van der Waals surface area contributed by atoms with E-state index < -0.39 is 17.8 Å². The van der Waals surface area contributed by atoms with E-state index in [1.807, 2.05) is 0 Å². The summed E-state index contributed by atoms with van der Waals surface area (Å²) in [4.78, 5) is 34.2. The van der Waals surface area contributed by atoms with E-state index in [9.17, 15) is 14.4 Å². The predicted molar refractivity (Wildman–Crippen MR) is 48.6 cm³/mol. The van der Waals surface area contributed by atoms with Crippen LogP contribution in [0.5, 0.6) is 0 Å².